The molecule has 0 radical (unpaired) electrons. The lowest BCUT2D eigenvalue weighted by Crippen LogP contribution is -2.42. The fraction of sp³-hybridized carbons (Fsp3) is 0.294. The van der Waals surface area contributed by atoms with Crippen LogP contribution in [-0.2, 0) is 16.0 Å². The zero-order chi connectivity index (χ0) is 19.1. The van der Waals surface area contributed by atoms with Gasteiger partial charge in [-0.2, -0.15) is 0 Å². The first-order valence-corrected chi connectivity index (χ1v) is 7.89. The van der Waals surface area contributed by atoms with E-state index < -0.39 is 17.9 Å². The summed E-state index contributed by atoms with van der Waals surface area (Å²) in [5.41, 5.74) is 1.56. The van der Waals surface area contributed by atoms with Crippen LogP contribution in [0.5, 0.6) is 11.5 Å². The average molecular weight is 360 g/mol. The van der Waals surface area contributed by atoms with E-state index in [1.807, 2.05) is 0 Å². The normalized spacial score (nSPS) is 12.6. The number of hydrogen-bond donors (Lipinski definition) is 5. The number of phenols is 2. The molecule has 0 aliphatic rings. The van der Waals surface area contributed by atoms with Crippen LogP contribution in [0, 0.1) is 0 Å². The number of hydrogen-bond acceptors (Lipinski definition) is 6. The number of carboxylic acids is 1. The molecule has 1 unspecified atom stereocenters. The fourth-order valence-electron chi connectivity index (χ4n) is 2.32. The van der Waals surface area contributed by atoms with E-state index in [4.69, 9.17) is 0 Å². The zero-order valence-electron chi connectivity index (χ0n) is 14.1. The second-order valence-corrected chi connectivity index (χ2v) is 5.66. The molecule has 0 aliphatic heterocycles. The van der Waals surface area contributed by atoms with E-state index in [9.17, 15) is 24.9 Å². The number of nitrogens with zero attached hydrogens (tertiary/aromatic N) is 2. The Hall–Kier alpha value is -3.36. The maximum atomic E-state index is 12.0. The summed E-state index contributed by atoms with van der Waals surface area (Å²) in [6.07, 6.45) is 3.04. The van der Waals surface area contributed by atoms with Gasteiger partial charge in [0, 0.05) is 48.6 Å². The van der Waals surface area contributed by atoms with Crippen molar-refractivity contribution in [1.29, 1.82) is 0 Å². The number of aromatic hydroxyl groups is 2. The predicted molar refractivity (Wildman–Crippen MR) is 93.3 cm³/mol. The van der Waals surface area contributed by atoms with Crippen molar-refractivity contribution in [2.45, 2.75) is 25.8 Å². The summed E-state index contributed by atoms with van der Waals surface area (Å²) >= 11 is 0. The summed E-state index contributed by atoms with van der Waals surface area (Å²) in [4.78, 5) is 34.0. The maximum Gasteiger partial charge on any atom is 0.326 e. The molecule has 0 saturated heterocycles. The molecule has 1 amide bonds. The maximum absolute atomic E-state index is 12.0. The van der Waals surface area contributed by atoms with Gasteiger partial charge in [0.05, 0.1) is 6.33 Å². The lowest BCUT2D eigenvalue weighted by Gasteiger charge is -2.13. The Bertz CT molecular complexity index is 801. The van der Waals surface area contributed by atoms with Crippen LogP contribution in [0.15, 0.2) is 35.7 Å². The molecule has 9 nitrogen and oxygen atoms in total. The van der Waals surface area contributed by atoms with Crippen LogP contribution in [0.25, 0.3) is 0 Å². The molecular formula is C17H20N4O5. The molecule has 5 N–H and O–H groups in total. The minimum absolute atomic E-state index is 0.00292. The number of carbonyl (C=O) groups excluding carboxylic acids is 1. The van der Waals surface area contributed by atoms with Gasteiger partial charge in [0.1, 0.15) is 17.5 Å². The van der Waals surface area contributed by atoms with Crippen molar-refractivity contribution in [2.75, 3.05) is 6.54 Å². The van der Waals surface area contributed by atoms with Crippen LogP contribution in [-0.4, -0.2) is 55.5 Å². The van der Waals surface area contributed by atoms with Crippen LogP contribution in [0.4, 0.5) is 0 Å². The van der Waals surface area contributed by atoms with Crippen molar-refractivity contribution in [2.24, 2.45) is 4.99 Å². The van der Waals surface area contributed by atoms with Gasteiger partial charge < -0.3 is 25.6 Å². The third-order valence-corrected chi connectivity index (χ3v) is 3.67. The lowest BCUT2D eigenvalue weighted by molar-refractivity contribution is -0.141. The van der Waals surface area contributed by atoms with E-state index in [-0.39, 0.29) is 30.9 Å². The van der Waals surface area contributed by atoms with Crippen LogP contribution in [0.2, 0.25) is 0 Å². The summed E-state index contributed by atoms with van der Waals surface area (Å²) in [5.74, 6) is -1.75. The molecule has 0 aliphatic carbocycles. The number of aliphatic imine (C=N–C) groups is 1. The number of amides is 1. The average Bonchev–Trinajstić information content (AvgIpc) is 3.07. The molecule has 2 rings (SSSR count). The molecule has 9 heteroatoms. The smallest absolute Gasteiger partial charge is 0.326 e. The number of imidazole rings is 1. The number of H-pyrrole nitrogens is 1. The number of carboxylic acid groups (broad SMARTS) is 1. The summed E-state index contributed by atoms with van der Waals surface area (Å²) in [5, 5.41) is 30.7. The van der Waals surface area contributed by atoms with Gasteiger partial charge in [-0.25, -0.2) is 9.78 Å². The Morgan fingerprint density at radius 2 is 2.12 bits per heavy atom. The van der Waals surface area contributed by atoms with Crippen molar-refractivity contribution in [1.82, 2.24) is 15.3 Å². The highest BCUT2D eigenvalue weighted by Gasteiger charge is 2.20. The number of aromatic nitrogens is 2. The summed E-state index contributed by atoms with van der Waals surface area (Å²) in [6.45, 7) is 1.80. The molecule has 1 atom stereocenters. The highest BCUT2D eigenvalue weighted by molar-refractivity contribution is 6.01. The van der Waals surface area contributed by atoms with E-state index in [1.165, 1.54) is 30.7 Å². The molecule has 1 aromatic carbocycles. The van der Waals surface area contributed by atoms with Crippen LogP contribution < -0.4 is 5.32 Å². The standard InChI is InChI=1S/C17H20N4O5/c1-10(13-3-2-12(22)7-15(13)23)19-5-4-16(24)21-14(17(25)26)6-11-8-18-9-20-11/h2-3,7-9,14,22-23H,4-6H2,1H3,(H,18,20)(H,21,24)(H,25,26). The van der Waals surface area contributed by atoms with Gasteiger partial charge in [-0.15, -0.1) is 0 Å². The molecule has 26 heavy (non-hydrogen) atoms. The first-order valence-electron chi connectivity index (χ1n) is 7.89. The molecular weight excluding hydrogens is 340 g/mol. The second kappa shape index (κ2) is 8.65. The van der Waals surface area contributed by atoms with E-state index in [0.29, 0.717) is 17.0 Å². The Morgan fingerprint density at radius 1 is 1.35 bits per heavy atom. The second-order valence-electron chi connectivity index (χ2n) is 5.66. The van der Waals surface area contributed by atoms with Gasteiger partial charge in [0.25, 0.3) is 0 Å². The number of aromatic amines is 1. The fourth-order valence-corrected chi connectivity index (χ4v) is 2.32. The highest BCUT2D eigenvalue weighted by atomic mass is 16.4. The molecule has 1 heterocycles. The first-order chi connectivity index (χ1) is 12.4. The Labute approximate surface area is 149 Å². The van der Waals surface area contributed by atoms with E-state index >= 15 is 0 Å². The molecule has 0 fully saturated rings. The topological polar surface area (TPSA) is 148 Å². The van der Waals surface area contributed by atoms with Gasteiger partial charge in [-0.3, -0.25) is 9.79 Å². The van der Waals surface area contributed by atoms with Crippen molar-refractivity contribution in [3.63, 3.8) is 0 Å². The number of rotatable bonds is 8. The third-order valence-electron chi connectivity index (χ3n) is 3.67. The van der Waals surface area contributed by atoms with Crippen molar-refractivity contribution in [3.8, 4) is 11.5 Å². The number of benzene rings is 1. The van der Waals surface area contributed by atoms with E-state index in [2.05, 4.69) is 20.3 Å². The summed E-state index contributed by atoms with van der Waals surface area (Å²) in [6, 6.07) is 3.09. The van der Waals surface area contributed by atoms with Gasteiger partial charge >= 0.3 is 5.97 Å². The predicted octanol–water partition coefficient (Wildman–Crippen LogP) is 0.832. The number of nitrogens with one attached hydrogen (secondary N) is 2. The SMILES string of the molecule is CC(=NCCC(=O)NC(Cc1cnc[nH]1)C(=O)O)c1ccc(O)cc1O. The third kappa shape index (κ3) is 5.33. The first kappa shape index (κ1) is 19.0. The zero-order valence-corrected chi connectivity index (χ0v) is 14.1. The van der Waals surface area contributed by atoms with Crippen LogP contribution in [0.3, 0.4) is 0 Å². The quantitative estimate of drug-likeness (QED) is 0.440. The highest BCUT2D eigenvalue weighted by Crippen LogP contribution is 2.23. The van der Waals surface area contributed by atoms with Gasteiger partial charge in [0.2, 0.25) is 5.91 Å². The molecule has 0 bridgehead atoms. The molecule has 0 spiro atoms. The van der Waals surface area contributed by atoms with Gasteiger partial charge in [-0.1, -0.05) is 0 Å². The van der Waals surface area contributed by atoms with E-state index in [0.717, 1.165) is 0 Å². The molecule has 2 aromatic rings. The monoisotopic (exact) mass is 360 g/mol. The minimum Gasteiger partial charge on any atom is -0.508 e. The Kier molecular flexibility index (Phi) is 6.31. The number of phenolic OH excluding ortho intramolecular Hbond substituents is 2. The number of carbonyl (C=O) groups is 2. The molecule has 138 valence electrons. The van der Waals surface area contributed by atoms with Crippen LogP contribution >= 0.6 is 0 Å². The summed E-state index contributed by atoms with van der Waals surface area (Å²) in [7, 11) is 0. The largest absolute Gasteiger partial charge is 0.508 e. The van der Waals surface area contributed by atoms with Crippen molar-refractivity contribution < 1.29 is 24.9 Å². The summed E-state index contributed by atoms with van der Waals surface area (Å²) < 4.78 is 0. The Balaban J connectivity index is 1.89. The minimum atomic E-state index is -1.14. The Morgan fingerprint density at radius 3 is 2.73 bits per heavy atom. The van der Waals surface area contributed by atoms with Crippen molar-refractivity contribution >= 4 is 17.6 Å². The van der Waals surface area contributed by atoms with Crippen molar-refractivity contribution in [3.05, 3.63) is 42.0 Å². The van der Waals surface area contributed by atoms with E-state index in [1.54, 1.807) is 6.92 Å². The lowest BCUT2D eigenvalue weighted by atomic mass is 10.1. The van der Waals surface area contributed by atoms with Gasteiger partial charge in [-0.05, 0) is 19.1 Å². The van der Waals surface area contributed by atoms with Crippen LogP contribution in [0.1, 0.15) is 24.6 Å². The molecule has 0 saturated carbocycles. The molecule has 1 aromatic heterocycles. The van der Waals surface area contributed by atoms with Gasteiger partial charge in [0.15, 0.2) is 0 Å². The number of aliphatic carboxylic acids is 1.